The molecule has 118 valence electrons. The van der Waals surface area contributed by atoms with Crippen molar-refractivity contribution >= 4 is 35.1 Å². The van der Waals surface area contributed by atoms with Crippen LogP contribution in [0, 0.1) is 5.92 Å². The fourth-order valence-electron chi connectivity index (χ4n) is 2.90. The van der Waals surface area contributed by atoms with Crippen LogP contribution in [0.5, 0.6) is 0 Å². The van der Waals surface area contributed by atoms with Crippen LogP contribution in [0.4, 0.5) is 0 Å². The van der Waals surface area contributed by atoms with Crippen LogP contribution in [0.15, 0.2) is 18.2 Å². The van der Waals surface area contributed by atoms with Crippen LogP contribution < -0.4 is 0 Å². The number of hydrogen-bond donors (Lipinski definition) is 1. The number of nitrogens with zero attached hydrogens (tertiary/aromatic N) is 1. The van der Waals surface area contributed by atoms with E-state index in [9.17, 15) is 14.7 Å². The summed E-state index contributed by atoms with van der Waals surface area (Å²) in [4.78, 5) is 25.2. The maximum Gasteiger partial charge on any atom is 0.328 e. The highest BCUT2D eigenvalue weighted by Gasteiger charge is 2.48. The molecule has 0 spiro atoms. The fraction of sp³-hybridized carbons (Fsp3) is 0.467. The SMILES string of the molecule is O=C(O)[C@@H]1COCCN1C(=O)[C@H]1C[C@H]1c1ccc(Cl)cc1Cl. The van der Waals surface area contributed by atoms with Gasteiger partial charge in [0.05, 0.1) is 13.2 Å². The van der Waals surface area contributed by atoms with Gasteiger partial charge < -0.3 is 14.7 Å². The van der Waals surface area contributed by atoms with Gasteiger partial charge in [-0.25, -0.2) is 4.79 Å². The number of carbonyl (C=O) groups excluding carboxylic acids is 1. The van der Waals surface area contributed by atoms with Crippen molar-refractivity contribution in [1.29, 1.82) is 0 Å². The lowest BCUT2D eigenvalue weighted by molar-refractivity contribution is -0.158. The zero-order chi connectivity index (χ0) is 15.9. The van der Waals surface area contributed by atoms with Gasteiger partial charge >= 0.3 is 5.97 Å². The Bertz CT molecular complexity index is 622. The highest BCUT2D eigenvalue weighted by molar-refractivity contribution is 6.35. The molecule has 0 bridgehead atoms. The molecule has 1 amide bonds. The first-order chi connectivity index (χ1) is 10.5. The number of amides is 1. The van der Waals surface area contributed by atoms with E-state index in [-0.39, 0.29) is 24.3 Å². The molecule has 1 aliphatic heterocycles. The van der Waals surface area contributed by atoms with Gasteiger partial charge in [-0.15, -0.1) is 0 Å². The summed E-state index contributed by atoms with van der Waals surface area (Å²) in [5.41, 5.74) is 0.893. The summed E-state index contributed by atoms with van der Waals surface area (Å²) >= 11 is 12.1. The van der Waals surface area contributed by atoms with Crippen LogP contribution in [0.1, 0.15) is 17.9 Å². The van der Waals surface area contributed by atoms with Crippen LogP contribution in [0.2, 0.25) is 10.0 Å². The maximum absolute atomic E-state index is 12.6. The van der Waals surface area contributed by atoms with Crippen molar-refractivity contribution in [1.82, 2.24) is 4.90 Å². The van der Waals surface area contributed by atoms with Crippen LogP contribution in [-0.4, -0.2) is 47.7 Å². The third-order valence-corrected chi connectivity index (χ3v) is 4.73. The molecule has 1 saturated heterocycles. The van der Waals surface area contributed by atoms with Crippen molar-refractivity contribution in [2.75, 3.05) is 19.8 Å². The number of aliphatic carboxylic acids is 1. The Labute approximate surface area is 137 Å². The average Bonchev–Trinajstić information content (AvgIpc) is 3.26. The predicted octanol–water partition coefficient (Wildman–Crippen LogP) is 2.41. The summed E-state index contributed by atoms with van der Waals surface area (Å²) in [6.07, 6.45) is 0.684. The zero-order valence-electron chi connectivity index (χ0n) is 11.7. The normalized spacial score (nSPS) is 27.5. The Morgan fingerprint density at radius 1 is 1.32 bits per heavy atom. The number of morpholine rings is 1. The van der Waals surface area contributed by atoms with Crippen LogP contribution in [0.3, 0.4) is 0 Å². The summed E-state index contributed by atoms with van der Waals surface area (Å²) in [7, 11) is 0. The van der Waals surface area contributed by atoms with Gasteiger partial charge in [-0.2, -0.15) is 0 Å². The van der Waals surface area contributed by atoms with E-state index in [1.54, 1.807) is 12.1 Å². The Hall–Kier alpha value is -1.30. The molecule has 0 aromatic heterocycles. The minimum Gasteiger partial charge on any atom is -0.480 e. The number of halogens is 2. The Kier molecular flexibility index (Phi) is 4.30. The van der Waals surface area contributed by atoms with Crippen LogP contribution in [0.25, 0.3) is 0 Å². The van der Waals surface area contributed by atoms with Gasteiger partial charge in [0, 0.05) is 22.5 Å². The average molecular weight is 344 g/mol. The van der Waals surface area contributed by atoms with Gasteiger partial charge in [0.1, 0.15) is 0 Å². The van der Waals surface area contributed by atoms with Crippen molar-refractivity contribution in [2.45, 2.75) is 18.4 Å². The van der Waals surface area contributed by atoms with E-state index in [1.807, 2.05) is 6.07 Å². The molecule has 1 saturated carbocycles. The minimum atomic E-state index is -1.03. The zero-order valence-corrected chi connectivity index (χ0v) is 13.2. The molecule has 0 radical (unpaired) electrons. The second-order valence-electron chi connectivity index (χ2n) is 5.58. The molecular weight excluding hydrogens is 329 g/mol. The van der Waals surface area contributed by atoms with Gasteiger partial charge in [-0.05, 0) is 30.0 Å². The summed E-state index contributed by atoms with van der Waals surface area (Å²) in [5.74, 6) is -1.34. The summed E-state index contributed by atoms with van der Waals surface area (Å²) < 4.78 is 5.16. The molecule has 2 aliphatic rings. The van der Waals surface area contributed by atoms with Crippen LogP contribution in [-0.2, 0) is 14.3 Å². The molecule has 1 aromatic rings. The first kappa shape index (κ1) is 15.6. The third-order valence-electron chi connectivity index (χ3n) is 4.17. The van der Waals surface area contributed by atoms with E-state index < -0.39 is 12.0 Å². The Morgan fingerprint density at radius 3 is 2.77 bits per heavy atom. The van der Waals surface area contributed by atoms with Gasteiger partial charge in [0.2, 0.25) is 5.91 Å². The third kappa shape index (κ3) is 2.93. The smallest absolute Gasteiger partial charge is 0.328 e. The fourth-order valence-corrected chi connectivity index (χ4v) is 3.45. The molecule has 1 heterocycles. The molecule has 5 nitrogen and oxygen atoms in total. The Morgan fingerprint density at radius 2 is 2.09 bits per heavy atom. The molecule has 22 heavy (non-hydrogen) atoms. The van der Waals surface area contributed by atoms with E-state index >= 15 is 0 Å². The lowest BCUT2D eigenvalue weighted by atomic mass is 10.1. The summed E-state index contributed by atoms with van der Waals surface area (Å²) in [6.45, 7) is 0.724. The first-order valence-electron chi connectivity index (χ1n) is 7.05. The molecule has 3 rings (SSSR count). The van der Waals surface area contributed by atoms with Gasteiger partial charge in [-0.1, -0.05) is 29.3 Å². The lowest BCUT2D eigenvalue weighted by Crippen LogP contribution is -2.53. The van der Waals surface area contributed by atoms with Crippen molar-refractivity contribution in [3.8, 4) is 0 Å². The number of carbonyl (C=O) groups is 2. The summed E-state index contributed by atoms with van der Waals surface area (Å²) in [6, 6.07) is 4.34. The minimum absolute atomic E-state index is 0.0366. The number of ether oxygens (including phenoxy) is 1. The molecule has 3 atom stereocenters. The monoisotopic (exact) mass is 343 g/mol. The molecule has 7 heteroatoms. The van der Waals surface area contributed by atoms with E-state index in [0.29, 0.717) is 29.6 Å². The molecule has 1 N–H and O–H groups in total. The number of benzene rings is 1. The Balaban J connectivity index is 1.73. The number of rotatable bonds is 3. The standard InChI is InChI=1S/C15H15Cl2NO4/c16-8-1-2-9(12(17)5-8)10-6-11(10)14(19)18-3-4-22-7-13(18)15(20)21/h1-2,5,10-11,13H,3-4,6-7H2,(H,20,21)/t10-,11-,13-/m0/s1. The van der Waals surface area contributed by atoms with Crippen molar-refractivity contribution in [3.05, 3.63) is 33.8 Å². The van der Waals surface area contributed by atoms with Crippen molar-refractivity contribution < 1.29 is 19.4 Å². The first-order valence-corrected chi connectivity index (χ1v) is 7.80. The number of carboxylic acids is 1. The largest absolute Gasteiger partial charge is 0.480 e. The van der Waals surface area contributed by atoms with E-state index in [0.717, 1.165) is 5.56 Å². The topological polar surface area (TPSA) is 66.8 Å². The molecule has 1 aromatic carbocycles. The highest BCUT2D eigenvalue weighted by atomic mass is 35.5. The van der Waals surface area contributed by atoms with Crippen molar-refractivity contribution in [3.63, 3.8) is 0 Å². The second kappa shape index (κ2) is 6.07. The maximum atomic E-state index is 12.6. The molecular formula is C15H15Cl2NO4. The highest BCUT2D eigenvalue weighted by Crippen LogP contribution is 2.51. The summed E-state index contributed by atoms with van der Waals surface area (Å²) in [5, 5.41) is 10.3. The lowest BCUT2D eigenvalue weighted by Gasteiger charge is -2.33. The van der Waals surface area contributed by atoms with Crippen molar-refractivity contribution in [2.24, 2.45) is 5.92 Å². The van der Waals surface area contributed by atoms with Gasteiger partial charge in [0.15, 0.2) is 6.04 Å². The van der Waals surface area contributed by atoms with E-state index in [4.69, 9.17) is 27.9 Å². The molecule has 1 aliphatic carbocycles. The predicted molar refractivity (Wildman–Crippen MR) is 81.3 cm³/mol. The molecule has 2 fully saturated rings. The van der Waals surface area contributed by atoms with Crippen LogP contribution >= 0.6 is 23.2 Å². The number of hydrogen-bond acceptors (Lipinski definition) is 3. The van der Waals surface area contributed by atoms with Gasteiger partial charge in [0.25, 0.3) is 0 Å². The van der Waals surface area contributed by atoms with E-state index in [1.165, 1.54) is 4.90 Å². The molecule has 0 unspecified atom stereocenters. The number of carboxylic acid groups (broad SMARTS) is 1. The second-order valence-corrected chi connectivity index (χ2v) is 6.42. The van der Waals surface area contributed by atoms with Gasteiger partial charge in [-0.3, -0.25) is 4.79 Å². The quantitative estimate of drug-likeness (QED) is 0.915. The van der Waals surface area contributed by atoms with E-state index in [2.05, 4.69) is 0 Å².